The summed E-state index contributed by atoms with van der Waals surface area (Å²) < 4.78 is 28.0. The van der Waals surface area contributed by atoms with E-state index < -0.39 is 11.6 Å². The zero-order chi connectivity index (χ0) is 15.4. The van der Waals surface area contributed by atoms with E-state index in [2.05, 4.69) is 26.4 Å². The molecule has 0 unspecified atom stereocenters. The van der Waals surface area contributed by atoms with Gasteiger partial charge in [-0.25, -0.2) is 8.78 Å². The highest BCUT2D eigenvalue weighted by molar-refractivity contribution is 9.10. The van der Waals surface area contributed by atoms with Crippen LogP contribution in [0.1, 0.15) is 11.1 Å². The molecule has 0 heterocycles. The van der Waals surface area contributed by atoms with Crippen LogP contribution in [0.2, 0.25) is 0 Å². The molecule has 7 heteroatoms. The summed E-state index contributed by atoms with van der Waals surface area (Å²) in [7, 11) is 0. The number of hydrogen-bond acceptors (Lipinski definition) is 3. The van der Waals surface area contributed by atoms with E-state index >= 15 is 0 Å². The van der Waals surface area contributed by atoms with E-state index in [-0.39, 0.29) is 17.9 Å². The third-order valence-electron chi connectivity index (χ3n) is 2.86. The third-order valence-corrected chi connectivity index (χ3v) is 3.55. The molecule has 0 fully saturated rings. The number of halogens is 3. The smallest absolute Gasteiger partial charge is 0.173 e. The summed E-state index contributed by atoms with van der Waals surface area (Å²) in [4.78, 5) is 0. The Morgan fingerprint density at radius 2 is 2.05 bits per heavy atom. The summed E-state index contributed by atoms with van der Waals surface area (Å²) >= 11 is 3.28. The molecular weight excluding hydrogens is 344 g/mol. The van der Waals surface area contributed by atoms with Crippen LogP contribution in [0, 0.1) is 11.6 Å². The fourth-order valence-corrected chi connectivity index (χ4v) is 2.18. The van der Waals surface area contributed by atoms with Crippen LogP contribution in [-0.4, -0.2) is 11.0 Å². The van der Waals surface area contributed by atoms with E-state index in [0.717, 1.165) is 0 Å². The maximum absolute atomic E-state index is 14.2. The van der Waals surface area contributed by atoms with Gasteiger partial charge in [-0.1, -0.05) is 17.3 Å². The lowest BCUT2D eigenvalue weighted by Crippen LogP contribution is -2.16. The average molecular weight is 356 g/mol. The minimum Gasteiger partial charge on any atom is -0.409 e. The van der Waals surface area contributed by atoms with Crippen molar-refractivity contribution < 1.29 is 14.0 Å². The molecule has 0 bridgehead atoms. The van der Waals surface area contributed by atoms with Crippen LogP contribution in [0.4, 0.5) is 14.5 Å². The Morgan fingerprint density at radius 1 is 1.29 bits per heavy atom. The van der Waals surface area contributed by atoms with Crippen molar-refractivity contribution in [1.82, 2.24) is 0 Å². The van der Waals surface area contributed by atoms with Crippen molar-refractivity contribution in [2.45, 2.75) is 6.54 Å². The highest BCUT2D eigenvalue weighted by Crippen LogP contribution is 2.24. The fourth-order valence-electron chi connectivity index (χ4n) is 1.79. The molecule has 4 nitrogen and oxygen atoms in total. The molecule has 2 aromatic rings. The molecular formula is C14H12BrF2N3O. The molecule has 4 N–H and O–H groups in total. The molecule has 0 saturated carbocycles. The van der Waals surface area contributed by atoms with Crippen molar-refractivity contribution in [3.63, 3.8) is 0 Å². The molecule has 0 aliphatic heterocycles. The number of amidine groups is 1. The molecule has 0 amide bonds. The summed E-state index contributed by atoms with van der Waals surface area (Å²) in [5, 5.41) is 14.3. The molecule has 0 aliphatic carbocycles. The van der Waals surface area contributed by atoms with Gasteiger partial charge in [0.1, 0.15) is 11.6 Å². The third kappa shape index (κ3) is 3.49. The van der Waals surface area contributed by atoms with Crippen LogP contribution in [0.25, 0.3) is 0 Å². The van der Waals surface area contributed by atoms with Gasteiger partial charge < -0.3 is 16.3 Å². The lowest BCUT2D eigenvalue weighted by atomic mass is 10.1. The molecule has 0 aliphatic rings. The Hall–Kier alpha value is -2.15. The van der Waals surface area contributed by atoms with E-state index in [4.69, 9.17) is 10.9 Å². The quantitative estimate of drug-likeness (QED) is 0.340. The number of anilines is 1. The van der Waals surface area contributed by atoms with Crippen molar-refractivity contribution in [2.24, 2.45) is 10.9 Å². The average Bonchev–Trinajstić information content (AvgIpc) is 2.48. The minimum absolute atomic E-state index is 0.00936. The number of oxime groups is 1. The zero-order valence-electron chi connectivity index (χ0n) is 10.8. The molecule has 0 atom stereocenters. The Kier molecular flexibility index (Phi) is 4.74. The Morgan fingerprint density at radius 3 is 2.76 bits per heavy atom. The summed E-state index contributed by atoms with van der Waals surface area (Å²) in [6.45, 7) is 0.125. The lowest BCUT2D eigenvalue weighted by molar-refractivity contribution is 0.318. The largest absolute Gasteiger partial charge is 0.409 e. The van der Waals surface area contributed by atoms with E-state index in [1.807, 2.05) is 0 Å². The SMILES string of the molecule is N/C(=N/O)c1cccc(CNc2cc(F)ccc2Br)c1F. The molecule has 0 aromatic heterocycles. The van der Waals surface area contributed by atoms with Crippen LogP contribution in [0.3, 0.4) is 0 Å². The first-order chi connectivity index (χ1) is 10.0. The van der Waals surface area contributed by atoms with Crippen molar-refractivity contribution in [1.29, 1.82) is 0 Å². The van der Waals surface area contributed by atoms with E-state index in [9.17, 15) is 8.78 Å². The second-order valence-corrected chi connectivity index (χ2v) is 5.10. The van der Waals surface area contributed by atoms with Crippen molar-refractivity contribution >= 4 is 27.5 Å². The van der Waals surface area contributed by atoms with E-state index in [1.165, 1.54) is 18.2 Å². The van der Waals surface area contributed by atoms with Gasteiger partial charge in [-0.2, -0.15) is 0 Å². The summed E-state index contributed by atoms with van der Waals surface area (Å²) in [6.07, 6.45) is 0. The summed E-state index contributed by atoms with van der Waals surface area (Å²) in [6, 6.07) is 8.73. The van der Waals surface area contributed by atoms with Gasteiger partial charge in [0.15, 0.2) is 5.84 Å². The second-order valence-electron chi connectivity index (χ2n) is 4.24. The van der Waals surface area contributed by atoms with Crippen LogP contribution >= 0.6 is 15.9 Å². The number of rotatable bonds is 4. The number of nitrogens with two attached hydrogens (primary N) is 1. The van der Waals surface area contributed by atoms with Gasteiger partial charge in [-0.05, 0) is 40.2 Å². The summed E-state index contributed by atoms with van der Waals surface area (Å²) in [5.74, 6) is -1.29. The molecule has 0 radical (unpaired) electrons. The monoisotopic (exact) mass is 355 g/mol. The highest BCUT2D eigenvalue weighted by atomic mass is 79.9. The van der Waals surface area contributed by atoms with Crippen LogP contribution in [-0.2, 0) is 6.54 Å². The maximum atomic E-state index is 14.2. The van der Waals surface area contributed by atoms with Gasteiger partial charge in [-0.3, -0.25) is 0 Å². The van der Waals surface area contributed by atoms with Gasteiger partial charge in [0.25, 0.3) is 0 Å². The maximum Gasteiger partial charge on any atom is 0.173 e. The number of nitrogens with zero attached hydrogens (tertiary/aromatic N) is 1. The van der Waals surface area contributed by atoms with Crippen LogP contribution < -0.4 is 11.1 Å². The standard InChI is InChI=1S/C14H12BrF2N3O/c15-11-5-4-9(16)6-12(11)19-7-8-2-1-3-10(13(8)17)14(18)20-21/h1-6,19,21H,7H2,(H2,18,20). The lowest BCUT2D eigenvalue weighted by Gasteiger charge is -2.11. The normalized spacial score (nSPS) is 11.5. The first kappa shape index (κ1) is 15.2. The zero-order valence-corrected chi connectivity index (χ0v) is 12.4. The van der Waals surface area contributed by atoms with E-state index in [1.54, 1.807) is 18.2 Å². The number of benzene rings is 2. The fraction of sp³-hybridized carbons (Fsp3) is 0.0714. The van der Waals surface area contributed by atoms with Crippen molar-refractivity contribution in [3.8, 4) is 0 Å². The van der Waals surface area contributed by atoms with Crippen LogP contribution in [0.15, 0.2) is 46.0 Å². The van der Waals surface area contributed by atoms with Crippen molar-refractivity contribution in [2.75, 3.05) is 5.32 Å². The minimum atomic E-state index is -0.590. The number of nitrogens with one attached hydrogen (secondary N) is 1. The molecule has 0 spiro atoms. The highest BCUT2D eigenvalue weighted by Gasteiger charge is 2.11. The van der Waals surface area contributed by atoms with Crippen molar-refractivity contribution in [3.05, 3.63) is 63.6 Å². The molecule has 2 aromatic carbocycles. The predicted octanol–water partition coefficient (Wildman–Crippen LogP) is 3.43. The first-order valence-corrected chi connectivity index (χ1v) is 6.76. The van der Waals surface area contributed by atoms with Gasteiger partial charge >= 0.3 is 0 Å². The van der Waals surface area contributed by atoms with Gasteiger partial charge in [-0.15, -0.1) is 0 Å². The predicted molar refractivity (Wildman–Crippen MR) is 80.3 cm³/mol. The van der Waals surface area contributed by atoms with Crippen LogP contribution in [0.5, 0.6) is 0 Å². The Labute approximate surface area is 128 Å². The molecule has 110 valence electrons. The molecule has 2 rings (SSSR count). The molecule has 21 heavy (non-hydrogen) atoms. The Balaban J connectivity index is 2.23. The second kappa shape index (κ2) is 6.53. The van der Waals surface area contributed by atoms with Gasteiger partial charge in [0, 0.05) is 16.6 Å². The topological polar surface area (TPSA) is 70.6 Å². The number of hydrogen-bond donors (Lipinski definition) is 3. The van der Waals surface area contributed by atoms with Gasteiger partial charge in [0.2, 0.25) is 0 Å². The van der Waals surface area contributed by atoms with E-state index in [0.29, 0.717) is 15.7 Å². The molecule has 0 saturated heterocycles. The first-order valence-electron chi connectivity index (χ1n) is 5.97. The Bertz CT molecular complexity index is 692. The summed E-state index contributed by atoms with van der Waals surface area (Å²) in [5.41, 5.74) is 6.23. The van der Waals surface area contributed by atoms with Gasteiger partial charge in [0.05, 0.1) is 11.3 Å².